The highest BCUT2D eigenvalue weighted by molar-refractivity contribution is 5.79. The van der Waals surface area contributed by atoms with Gasteiger partial charge in [0, 0.05) is 0 Å². The highest BCUT2D eigenvalue weighted by Gasteiger charge is 2.13. The lowest BCUT2D eigenvalue weighted by Gasteiger charge is -2.14. The molecule has 0 aromatic heterocycles. The van der Waals surface area contributed by atoms with E-state index >= 15 is 0 Å². The van der Waals surface area contributed by atoms with E-state index in [2.05, 4.69) is 13.8 Å². The predicted molar refractivity (Wildman–Crippen MR) is 45.9 cm³/mol. The van der Waals surface area contributed by atoms with Crippen LogP contribution in [0.25, 0.3) is 0 Å². The number of carbonyl (C=O) groups excluding carboxylic acids is 1. The first kappa shape index (κ1) is 10.4. The van der Waals surface area contributed by atoms with Crippen LogP contribution in [0.15, 0.2) is 0 Å². The van der Waals surface area contributed by atoms with Gasteiger partial charge >= 0.3 is 0 Å². The van der Waals surface area contributed by atoms with E-state index in [1.807, 2.05) is 0 Å². The number of nitrogens with two attached hydrogens (primary N) is 2. The molecule has 0 aliphatic carbocycles. The van der Waals surface area contributed by atoms with Crippen LogP contribution in [0.5, 0.6) is 0 Å². The molecule has 0 aromatic rings. The van der Waals surface area contributed by atoms with Crippen molar-refractivity contribution < 1.29 is 4.79 Å². The molecule has 66 valence electrons. The molecule has 1 amide bonds. The maximum atomic E-state index is 10.6. The Hall–Kier alpha value is -0.570. The van der Waals surface area contributed by atoms with E-state index in [-0.39, 0.29) is 0 Å². The van der Waals surface area contributed by atoms with E-state index in [9.17, 15) is 4.79 Å². The second-order valence-electron chi connectivity index (χ2n) is 2.93. The van der Waals surface area contributed by atoms with Gasteiger partial charge in [-0.25, -0.2) is 0 Å². The minimum Gasteiger partial charge on any atom is -0.368 e. The quantitative estimate of drug-likeness (QED) is 0.616. The zero-order chi connectivity index (χ0) is 8.85. The van der Waals surface area contributed by atoms with Gasteiger partial charge in [0.05, 0.1) is 6.04 Å². The van der Waals surface area contributed by atoms with Crippen LogP contribution in [-0.4, -0.2) is 11.9 Å². The summed E-state index contributed by atoms with van der Waals surface area (Å²) in [6.45, 7) is 4.20. The van der Waals surface area contributed by atoms with Gasteiger partial charge in [0.15, 0.2) is 0 Å². The molecule has 1 unspecified atom stereocenters. The van der Waals surface area contributed by atoms with Crippen molar-refractivity contribution in [3.05, 3.63) is 0 Å². The van der Waals surface area contributed by atoms with Crippen molar-refractivity contribution in [1.29, 1.82) is 0 Å². The number of primary amides is 1. The van der Waals surface area contributed by atoms with Gasteiger partial charge in [0.25, 0.3) is 0 Å². The zero-order valence-electron chi connectivity index (χ0n) is 7.34. The van der Waals surface area contributed by atoms with Crippen molar-refractivity contribution in [3.63, 3.8) is 0 Å². The van der Waals surface area contributed by atoms with Crippen molar-refractivity contribution in [2.24, 2.45) is 17.4 Å². The molecule has 0 aliphatic heterocycles. The summed E-state index contributed by atoms with van der Waals surface area (Å²) in [5, 5.41) is 0. The number of amides is 1. The summed E-state index contributed by atoms with van der Waals surface area (Å²) < 4.78 is 0. The van der Waals surface area contributed by atoms with Crippen LogP contribution in [0.1, 0.15) is 33.1 Å². The summed E-state index contributed by atoms with van der Waals surface area (Å²) in [6.07, 6.45) is 2.86. The van der Waals surface area contributed by atoms with Crippen molar-refractivity contribution in [1.82, 2.24) is 0 Å². The average Bonchev–Trinajstić information content (AvgIpc) is 1.99. The van der Waals surface area contributed by atoms with Gasteiger partial charge < -0.3 is 11.5 Å². The minimum atomic E-state index is -0.458. The lowest BCUT2D eigenvalue weighted by molar-refractivity contribution is -0.119. The fraction of sp³-hybridized carbons (Fsp3) is 0.875. The molecule has 1 atom stereocenters. The second-order valence-corrected chi connectivity index (χ2v) is 2.93. The van der Waals surface area contributed by atoms with Crippen molar-refractivity contribution in [2.75, 3.05) is 0 Å². The number of carbonyl (C=O) groups is 1. The van der Waals surface area contributed by atoms with Gasteiger partial charge in [-0.3, -0.25) is 4.79 Å². The molecule has 0 radical (unpaired) electrons. The molecule has 0 spiro atoms. The first-order valence-electron chi connectivity index (χ1n) is 4.16. The fourth-order valence-corrected chi connectivity index (χ4v) is 1.10. The number of rotatable bonds is 5. The molecule has 0 saturated carbocycles. The molecule has 0 aromatic carbocycles. The van der Waals surface area contributed by atoms with Crippen molar-refractivity contribution >= 4 is 5.91 Å². The summed E-state index contributed by atoms with van der Waals surface area (Å²) in [6, 6.07) is -0.458. The van der Waals surface area contributed by atoms with Gasteiger partial charge in [-0.2, -0.15) is 0 Å². The van der Waals surface area contributed by atoms with Gasteiger partial charge in [-0.15, -0.1) is 0 Å². The zero-order valence-corrected chi connectivity index (χ0v) is 7.34. The van der Waals surface area contributed by atoms with Gasteiger partial charge in [0.1, 0.15) is 0 Å². The van der Waals surface area contributed by atoms with E-state index in [1.54, 1.807) is 0 Å². The van der Waals surface area contributed by atoms with Crippen LogP contribution in [0, 0.1) is 5.92 Å². The van der Waals surface area contributed by atoms with Crippen LogP contribution < -0.4 is 11.5 Å². The first-order valence-corrected chi connectivity index (χ1v) is 4.16. The Kier molecular flexibility index (Phi) is 4.86. The maximum Gasteiger partial charge on any atom is 0.234 e. The van der Waals surface area contributed by atoms with Crippen molar-refractivity contribution in [3.8, 4) is 0 Å². The predicted octanol–water partition coefficient (Wildman–Crippen LogP) is 0.625. The average molecular weight is 158 g/mol. The summed E-state index contributed by atoms with van der Waals surface area (Å²) in [7, 11) is 0. The lowest BCUT2D eigenvalue weighted by Crippen LogP contribution is -2.37. The highest BCUT2D eigenvalue weighted by atomic mass is 16.1. The largest absolute Gasteiger partial charge is 0.368 e. The van der Waals surface area contributed by atoms with Crippen LogP contribution in [0.2, 0.25) is 0 Å². The van der Waals surface area contributed by atoms with Gasteiger partial charge in [0.2, 0.25) is 5.91 Å². The molecule has 0 saturated heterocycles. The Bertz CT molecular complexity index is 121. The monoisotopic (exact) mass is 158 g/mol. The molecule has 4 N–H and O–H groups in total. The standard InChI is InChI=1S/C8H18N2O/c1-3-6(4-2)5-7(9)8(10)11/h6-7H,3-5,9H2,1-2H3,(H2,10,11). The van der Waals surface area contributed by atoms with Gasteiger partial charge in [-0.05, 0) is 12.3 Å². The third-order valence-electron chi connectivity index (χ3n) is 2.11. The summed E-state index contributed by atoms with van der Waals surface area (Å²) in [5.41, 5.74) is 10.5. The van der Waals surface area contributed by atoms with Crippen LogP contribution >= 0.6 is 0 Å². The summed E-state index contributed by atoms with van der Waals surface area (Å²) in [5.74, 6) is 0.148. The molecular formula is C8H18N2O. The molecule has 0 fully saturated rings. The molecular weight excluding hydrogens is 140 g/mol. The van der Waals surface area contributed by atoms with E-state index in [1.165, 1.54) is 0 Å². The van der Waals surface area contributed by atoms with Crippen LogP contribution in [0.4, 0.5) is 0 Å². The Morgan fingerprint density at radius 1 is 1.36 bits per heavy atom. The smallest absolute Gasteiger partial charge is 0.234 e. The lowest BCUT2D eigenvalue weighted by atomic mass is 9.95. The normalized spacial score (nSPS) is 13.5. The summed E-state index contributed by atoms with van der Waals surface area (Å²) in [4.78, 5) is 10.6. The number of hydrogen-bond donors (Lipinski definition) is 2. The molecule has 0 heterocycles. The first-order chi connectivity index (χ1) is 5.11. The van der Waals surface area contributed by atoms with E-state index < -0.39 is 11.9 Å². The molecule has 11 heavy (non-hydrogen) atoms. The molecule has 0 aliphatic rings. The Balaban J connectivity index is 3.71. The molecule has 0 bridgehead atoms. The SMILES string of the molecule is CCC(CC)CC(N)C(N)=O. The van der Waals surface area contributed by atoms with E-state index in [0.29, 0.717) is 5.92 Å². The fourth-order valence-electron chi connectivity index (χ4n) is 1.10. The Morgan fingerprint density at radius 2 is 1.82 bits per heavy atom. The molecule has 0 rings (SSSR count). The Morgan fingerprint density at radius 3 is 2.09 bits per heavy atom. The topological polar surface area (TPSA) is 69.1 Å². The molecule has 3 nitrogen and oxygen atoms in total. The number of hydrogen-bond acceptors (Lipinski definition) is 2. The van der Waals surface area contributed by atoms with E-state index in [4.69, 9.17) is 11.5 Å². The van der Waals surface area contributed by atoms with E-state index in [0.717, 1.165) is 19.3 Å². The second kappa shape index (κ2) is 5.13. The van der Waals surface area contributed by atoms with Crippen LogP contribution in [-0.2, 0) is 4.79 Å². The maximum absolute atomic E-state index is 10.6. The minimum absolute atomic E-state index is 0.392. The molecule has 3 heteroatoms. The summed E-state index contributed by atoms with van der Waals surface area (Å²) >= 11 is 0. The van der Waals surface area contributed by atoms with Crippen LogP contribution in [0.3, 0.4) is 0 Å². The Labute approximate surface area is 68.1 Å². The third kappa shape index (κ3) is 3.98. The highest BCUT2D eigenvalue weighted by Crippen LogP contribution is 2.13. The van der Waals surface area contributed by atoms with Gasteiger partial charge in [-0.1, -0.05) is 26.7 Å². The van der Waals surface area contributed by atoms with Crippen molar-refractivity contribution in [2.45, 2.75) is 39.2 Å². The third-order valence-corrected chi connectivity index (χ3v) is 2.11.